The zero-order chi connectivity index (χ0) is 11.4. The van der Waals surface area contributed by atoms with Gasteiger partial charge in [-0.15, -0.1) is 0 Å². The Morgan fingerprint density at radius 1 is 1.44 bits per heavy atom. The van der Waals surface area contributed by atoms with Gasteiger partial charge in [-0.3, -0.25) is 0 Å². The minimum Gasteiger partial charge on any atom is -0.389 e. The lowest BCUT2D eigenvalue weighted by Crippen LogP contribution is -2.47. The van der Waals surface area contributed by atoms with Crippen LogP contribution in [0, 0.1) is 0 Å². The van der Waals surface area contributed by atoms with Crippen molar-refractivity contribution < 1.29 is 9.84 Å². The molecule has 0 aromatic carbocycles. The molecule has 0 spiro atoms. The van der Waals surface area contributed by atoms with E-state index in [2.05, 4.69) is 17.3 Å². The molecule has 1 unspecified atom stereocenters. The monoisotopic (exact) mass is 228 g/mol. The Morgan fingerprint density at radius 2 is 2.19 bits per heavy atom. The Morgan fingerprint density at radius 3 is 2.81 bits per heavy atom. The molecule has 2 N–H and O–H groups in total. The van der Waals surface area contributed by atoms with Crippen molar-refractivity contribution >= 4 is 0 Å². The minimum atomic E-state index is -0.434. The molecule has 0 aromatic rings. The average Bonchev–Trinajstić information content (AvgIpc) is 2.66. The fraction of sp³-hybridized carbons (Fsp3) is 1.00. The van der Waals surface area contributed by atoms with Crippen LogP contribution in [0.1, 0.15) is 25.7 Å². The molecule has 94 valence electrons. The molecule has 1 aliphatic carbocycles. The maximum atomic E-state index is 10.3. The molecule has 1 aliphatic heterocycles. The zero-order valence-corrected chi connectivity index (χ0v) is 10.2. The van der Waals surface area contributed by atoms with E-state index in [1.54, 1.807) is 0 Å². The summed E-state index contributed by atoms with van der Waals surface area (Å²) in [5.41, 5.74) is -0.434. The maximum absolute atomic E-state index is 10.3. The van der Waals surface area contributed by atoms with E-state index in [1.807, 2.05) is 0 Å². The summed E-state index contributed by atoms with van der Waals surface area (Å²) in [4.78, 5) is 2.21. The minimum absolute atomic E-state index is 0.281. The molecule has 16 heavy (non-hydrogen) atoms. The third-order valence-corrected chi connectivity index (χ3v) is 3.62. The second-order valence-corrected chi connectivity index (χ2v) is 5.33. The predicted molar refractivity (Wildman–Crippen MR) is 63.5 cm³/mol. The fourth-order valence-electron chi connectivity index (χ4n) is 2.84. The van der Waals surface area contributed by atoms with E-state index in [1.165, 1.54) is 12.8 Å². The third-order valence-electron chi connectivity index (χ3n) is 3.62. The van der Waals surface area contributed by atoms with E-state index >= 15 is 0 Å². The van der Waals surface area contributed by atoms with E-state index in [-0.39, 0.29) is 6.10 Å². The Kier molecular flexibility index (Phi) is 4.19. The largest absolute Gasteiger partial charge is 0.389 e. The number of nitrogens with one attached hydrogen (secondary N) is 1. The van der Waals surface area contributed by atoms with Crippen LogP contribution < -0.4 is 5.32 Å². The van der Waals surface area contributed by atoms with Gasteiger partial charge in [-0.2, -0.15) is 0 Å². The van der Waals surface area contributed by atoms with Crippen molar-refractivity contribution in [2.45, 2.75) is 37.4 Å². The number of aliphatic hydroxyl groups is 1. The summed E-state index contributed by atoms with van der Waals surface area (Å²) < 4.78 is 5.66. The van der Waals surface area contributed by atoms with E-state index in [0.29, 0.717) is 0 Å². The molecule has 0 amide bonds. The molecule has 2 aliphatic rings. The molecule has 1 atom stereocenters. The Labute approximate surface area is 98.0 Å². The van der Waals surface area contributed by atoms with E-state index in [9.17, 15) is 5.11 Å². The van der Waals surface area contributed by atoms with Gasteiger partial charge < -0.3 is 20.1 Å². The second kappa shape index (κ2) is 5.45. The number of morpholine rings is 1. The highest BCUT2D eigenvalue weighted by molar-refractivity contribution is 4.87. The van der Waals surface area contributed by atoms with Crippen molar-refractivity contribution in [1.29, 1.82) is 0 Å². The molecular formula is C12H24N2O2. The predicted octanol–water partition coefficient (Wildman–Crippen LogP) is 0.212. The molecule has 4 nitrogen and oxygen atoms in total. The third kappa shape index (κ3) is 3.42. The fourth-order valence-corrected chi connectivity index (χ4v) is 2.84. The van der Waals surface area contributed by atoms with Crippen LogP contribution in [-0.2, 0) is 4.74 Å². The van der Waals surface area contributed by atoms with Crippen molar-refractivity contribution in [2.75, 3.05) is 39.8 Å². The lowest BCUT2D eigenvalue weighted by molar-refractivity contribution is -0.0206. The molecule has 2 fully saturated rings. The first kappa shape index (κ1) is 12.3. The van der Waals surface area contributed by atoms with E-state index < -0.39 is 5.60 Å². The van der Waals surface area contributed by atoms with E-state index in [4.69, 9.17) is 4.74 Å². The van der Waals surface area contributed by atoms with Gasteiger partial charge >= 0.3 is 0 Å². The number of hydrogen-bond acceptors (Lipinski definition) is 4. The Bertz CT molecular complexity index is 211. The SMILES string of the molecule is CN(CC1CNCCO1)CC1(O)CCCC1. The number of rotatable bonds is 4. The summed E-state index contributed by atoms with van der Waals surface area (Å²) in [5, 5.41) is 13.6. The lowest BCUT2D eigenvalue weighted by atomic mass is 10.0. The maximum Gasteiger partial charge on any atom is 0.0826 e. The normalized spacial score (nSPS) is 29.8. The van der Waals surface area contributed by atoms with Gasteiger partial charge in [-0.25, -0.2) is 0 Å². The van der Waals surface area contributed by atoms with Crippen LogP contribution in [0.25, 0.3) is 0 Å². The molecule has 1 saturated heterocycles. The van der Waals surface area contributed by atoms with Crippen LogP contribution >= 0.6 is 0 Å². The van der Waals surface area contributed by atoms with Crippen LogP contribution in [0.3, 0.4) is 0 Å². The standard InChI is InChI=1S/C12H24N2O2/c1-14(9-11-8-13-6-7-16-11)10-12(15)4-2-3-5-12/h11,13,15H,2-10H2,1H3. The highest BCUT2D eigenvalue weighted by atomic mass is 16.5. The van der Waals surface area contributed by atoms with Crippen molar-refractivity contribution in [3.8, 4) is 0 Å². The molecule has 0 bridgehead atoms. The lowest BCUT2D eigenvalue weighted by Gasteiger charge is -2.32. The first-order chi connectivity index (χ1) is 7.68. The van der Waals surface area contributed by atoms with Crippen LogP contribution in [0.2, 0.25) is 0 Å². The van der Waals surface area contributed by atoms with Gasteiger partial charge in [0.2, 0.25) is 0 Å². The average molecular weight is 228 g/mol. The first-order valence-corrected chi connectivity index (χ1v) is 6.41. The topological polar surface area (TPSA) is 44.7 Å². The summed E-state index contributed by atoms with van der Waals surface area (Å²) in [6.07, 6.45) is 4.55. The summed E-state index contributed by atoms with van der Waals surface area (Å²) in [5.74, 6) is 0. The van der Waals surface area contributed by atoms with Gasteiger partial charge in [0.05, 0.1) is 18.3 Å². The molecule has 2 rings (SSSR count). The number of hydrogen-bond donors (Lipinski definition) is 2. The molecular weight excluding hydrogens is 204 g/mol. The van der Waals surface area contributed by atoms with Crippen LogP contribution in [0.5, 0.6) is 0 Å². The molecule has 1 heterocycles. The number of likely N-dealkylation sites (N-methyl/N-ethyl adjacent to an activating group) is 1. The molecule has 0 radical (unpaired) electrons. The highest BCUT2D eigenvalue weighted by Crippen LogP contribution is 2.29. The van der Waals surface area contributed by atoms with Gasteiger partial charge in [0.1, 0.15) is 0 Å². The van der Waals surface area contributed by atoms with Crippen molar-refractivity contribution in [1.82, 2.24) is 10.2 Å². The van der Waals surface area contributed by atoms with Gasteiger partial charge in [0, 0.05) is 26.2 Å². The van der Waals surface area contributed by atoms with Gasteiger partial charge in [0.25, 0.3) is 0 Å². The number of nitrogens with zero attached hydrogens (tertiary/aromatic N) is 1. The Balaban J connectivity index is 1.72. The Hall–Kier alpha value is -0.160. The van der Waals surface area contributed by atoms with Crippen LogP contribution in [-0.4, -0.2) is 61.5 Å². The van der Waals surface area contributed by atoms with Crippen molar-refractivity contribution in [2.24, 2.45) is 0 Å². The second-order valence-electron chi connectivity index (χ2n) is 5.33. The summed E-state index contributed by atoms with van der Waals surface area (Å²) in [7, 11) is 2.08. The number of ether oxygens (including phenoxy) is 1. The summed E-state index contributed by atoms with van der Waals surface area (Å²) in [6, 6.07) is 0. The van der Waals surface area contributed by atoms with Crippen LogP contribution in [0.15, 0.2) is 0 Å². The van der Waals surface area contributed by atoms with Crippen molar-refractivity contribution in [3.05, 3.63) is 0 Å². The van der Waals surface area contributed by atoms with Gasteiger partial charge in [-0.1, -0.05) is 12.8 Å². The molecule has 1 saturated carbocycles. The first-order valence-electron chi connectivity index (χ1n) is 6.41. The molecule has 4 heteroatoms. The van der Waals surface area contributed by atoms with Crippen LogP contribution in [0.4, 0.5) is 0 Å². The van der Waals surface area contributed by atoms with E-state index in [0.717, 1.165) is 45.6 Å². The summed E-state index contributed by atoms with van der Waals surface area (Å²) >= 11 is 0. The quantitative estimate of drug-likeness (QED) is 0.722. The highest BCUT2D eigenvalue weighted by Gasteiger charge is 2.32. The smallest absolute Gasteiger partial charge is 0.0826 e. The van der Waals surface area contributed by atoms with Crippen molar-refractivity contribution in [3.63, 3.8) is 0 Å². The summed E-state index contributed by atoms with van der Waals surface area (Å²) in [6.45, 7) is 4.40. The van der Waals surface area contributed by atoms with Gasteiger partial charge in [0.15, 0.2) is 0 Å². The zero-order valence-electron chi connectivity index (χ0n) is 10.2. The van der Waals surface area contributed by atoms with Gasteiger partial charge in [-0.05, 0) is 19.9 Å². The molecule has 0 aromatic heterocycles.